The third kappa shape index (κ3) is 4.10. The van der Waals surface area contributed by atoms with Crippen molar-refractivity contribution in [1.29, 1.82) is 0 Å². The number of benzene rings is 1. The number of methoxy groups -OCH3 is 1. The van der Waals surface area contributed by atoms with E-state index in [1.54, 1.807) is 19.4 Å². The Morgan fingerprint density at radius 1 is 1.29 bits per heavy atom. The number of hydrogen-bond acceptors (Lipinski definition) is 3. The van der Waals surface area contributed by atoms with Crippen LogP contribution >= 0.6 is 23.2 Å². The van der Waals surface area contributed by atoms with Crippen LogP contribution in [0.25, 0.3) is 0 Å². The summed E-state index contributed by atoms with van der Waals surface area (Å²) in [7, 11) is 1.63. The van der Waals surface area contributed by atoms with Crippen molar-refractivity contribution in [3.05, 3.63) is 57.7 Å². The van der Waals surface area contributed by atoms with Gasteiger partial charge in [0.1, 0.15) is 0 Å². The smallest absolute Gasteiger partial charge is 0.217 e. The largest absolute Gasteiger partial charge is 0.481 e. The Labute approximate surface area is 135 Å². The molecule has 1 heterocycles. The molecule has 0 aliphatic rings. The summed E-state index contributed by atoms with van der Waals surface area (Å²) < 4.78 is 5.35. The first kappa shape index (κ1) is 16.1. The van der Waals surface area contributed by atoms with Gasteiger partial charge in [0.15, 0.2) is 0 Å². The fourth-order valence-electron chi connectivity index (χ4n) is 2.30. The molecule has 0 fully saturated rings. The van der Waals surface area contributed by atoms with Gasteiger partial charge in [-0.1, -0.05) is 36.2 Å². The maximum atomic E-state index is 6.27. The summed E-state index contributed by atoms with van der Waals surface area (Å²) in [6.07, 6.45) is 2.44. The molecule has 0 saturated carbocycles. The van der Waals surface area contributed by atoms with Gasteiger partial charge in [-0.15, -0.1) is 0 Å². The third-order valence-electron chi connectivity index (χ3n) is 3.25. The summed E-state index contributed by atoms with van der Waals surface area (Å²) in [6.45, 7) is 2.90. The number of hydrogen-bond donors (Lipinski definition) is 1. The molecule has 1 aromatic heterocycles. The van der Waals surface area contributed by atoms with Crippen molar-refractivity contribution in [1.82, 2.24) is 10.3 Å². The second kappa shape index (κ2) is 7.64. The Kier molecular flexibility index (Phi) is 5.85. The van der Waals surface area contributed by atoms with Crippen LogP contribution in [0.4, 0.5) is 0 Å². The van der Waals surface area contributed by atoms with Gasteiger partial charge in [0.25, 0.3) is 0 Å². The molecule has 0 aliphatic carbocycles. The zero-order valence-electron chi connectivity index (χ0n) is 12.1. The highest BCUT2D eigenvalue weighted by molar-refractivity contribution is 6.33. The van der Waals surface area contributed by atoms with Crippen molar-refractivity contribution < 1.29 is 4.74 Å². The first-order valence-corrected chi connectivity index (χ1v) is 7.57. The Bertz CT molecular complexity index is 605. The van der Waals surface area contributed by atoms with E-state index < -0.39 is 0 Å². The number of nitrogens with zero attached hydrogens (tertiary/aromatic N) is 1. The molecule has 1 unspecified atom stereocenters. The molecule has 3 nitrogen and oxygen atoms in total. The number of ether oxygens (including phenoxy) is 1. The molecule has 0 spiro atoms. The van der Waals surface area contributed by atoms with Crippen molar-refractivity contribution in [2.24, 2.45) is 0 Å². The van der Waals surface area contributed by atoms with E-state index in [1.807, 2.05) is 24.3 Å². The van der Waals surface area contributed by atoms with E-state index in [0.29, 0.717) is 15.9 Å². The van der Waals surface area contributed by atoms with Crippen LogP contribution in [0, 0.1) is 0 Å². The lowest BCUT2D eigenvalue weighted by Gasteiger charge is -2.20. The standard InChI is InChI=1S/C16H18Cl2N2O/c1-3-19-15(13-5-4-8-20-16(13)21-2)10-11-9-12(17)6-7-14(11)18/h4-9,15,19H,3,10H2,1-2H3. The van der Waals surface area contributed by atoms with Crippen molar-refractivity contribution in [3.8, 4) is 5.88 Å². The second-order valence-corrected chi connectivity index (χ2v) is 5.50. The second-order valence-electron chi connectivity index (χ2n) is 4.65. The Hall–Kier alpha value is -1.29. The Morgan fingerprint density at radius 3 is 2.81 bits per heavy atom. The summed E-state index contributed by atoms with van der Waals surface area (Å²) in [5.74, 6) is 0.626. The first-order valence-electron chi connectivity index (χ1n) is 6.82. The van der Waals surface area contributed by atoms with Crippen LogP contribution < -0.4 is 10.1 Å². The average Bonchev–Trinajstić information content (AvgIpc) is 2.50. The van der Waals surface area contributed by atoms with Crippen molar-refractivity contribution in [3.63, 3.8) is 0 Å². The van der Waals surface area contributed by atoms with E-state index in [0.717, 1.165) is 24.1 Å². The number of nitrogens with one attached hydrogen (secondary N) is 1. The fraction of sp³-hybridized carbons (Fsp3) is 0.312. The van der Waals surface area contributed by atoms with Crippen LogP contribution in [-0.4, -0.2) is 18.6 Å². The maximum absolute atomic E-state index is 6.27. The van der Waals surface area contributed by atoms with E-state index in [2.05, 4.69) is 17.2 Å². The van der Waals surface area contributed by atoms with Gasteiger partial charge >= 0.3 is 0 Å². The number of likely N-dealkylation sites (N-methyl/N-ethyl adjacent to an activating group) is 1. The van der Waals surface area contributed by atoms with Gasteiger partial charge in [0, 0.05) is 27.8 Å². The van der Waals surface area contributed by atoms with Gasteiger partial charge < -0.3 is 10.1 Å². The van der Waals surface area contributed by atoms with Gasteiger partial charge in [0.2, 0.25) is 5.88 Å². The average molecular weight is 325 g/mol. The fourth-order valence-corrected chi connectivity index (χ4v) is 2.69. The molecule has 0 radical (unpaired) electrons. The van der Waals surface area contributed by atoms with E-state index >= 15 is 0 Å². The highest BCUT2D eigenvalue weighted by Crippen LogP contribution is 2.29. The van der Waals surface area contributed by atoms with Gasteiger partial charge in [-0.3, -0.25) is 0 Å². The van der Waals surface area contributed by atoms with Crippen LogP contribution in [-0.2, 0) is 6.42 Å². The number of aromatic nitrogens is 1. The van der Waals surface area contributed by atoms with Crippen LogP contribution in [0.1, 0.15) is 24.1 Å². The number of pyridine rings is 1. The molecule has 1 aromatic carbocycles. The molecule has 0 amide bonds. The van der Waals surface area contributed by atoms with Gasteiger partial charge in [0.05, 0.1) is 7.11 Å². The summed E-state index contributed by atoms with van der Waals surface area (Å²) >= 11 is 12.3. The molecular formula is C16H18Cl2N2O. The van der Waals surface area contributed by atoms with Crippen LogP contribution in [0.3, 0.4) is 0 Å². The minimum atomic E-state index is 0.0645. The number of halogens is 2. The maximum Gasteiger partial charge on any atom is 0.217 e. The predicted octanol–water partition coefficient (Wildman–Crippen LogP) is 4.29. The lowest BCUT2D eigenvalue weighted by molar-refractivity contribution is 0.382. The van der Waals surface area contributed by atoms with Crippen LogP contribution in [0.5, 0.6) is 5.88 Å². The lowest BCUT2D eigenvalue weighted by Crippen LogP contribution is -2.23. The molecule has 2 rings (SSSR count). The molecule has 21 heavy (non-hydrogen) atoms. The molecule has 0 aliphatic heterocycles. The summed E-state index contributed by atoms with van der Waals surface area (Å²) in [5, 5.41) is 4.84. The van der Waals surface area contributed by atoms with Gasteiger partial charge in [-0.2, -0.15) is 0 Å². The topological polar surface area (TPSA) is 34.2 Å². The molecule has 1 N–H and O–H groups in total. The minimum Gasteiger partial charge on any atom is -0.481 e. The van der Waals surface area contributed by atoms with E-state index in [1.165, 1.54) is 0 Å². The third-order valence-corrected chi connectivity index (χ3v) is 3.86. The zero-order valence-corrected chi connectivity index (χ0v) is 13.6. The van der Waals surface area contributed by atoms with Gasteiger partial charge in [-0.05, 0) is 42.8 Å². The first-order chi connectivity index (χ1) is 10.2. The molecule has 0 bridgehead atoms. The molecule has 0 saturated heterocycles. The molecule has 112 valence electrons. The lowest BCUT2D eigenvalue weighted by atomic mass is 9.99. The Balaban J connectivity index is 2.33. The summed E-state index contributed by atoms with van der Waals surface area (Å²) in [5.41, 5.74) is 2.01. The Morgan fingerprint density at radius 2 is 2.10 bits per heavy atom. The highest BCUT2D eigenvalue weighted by Gasteiger charge is 2.18. The molecule has 5 heteroatoms. The monoisotopic (exact) mass is 324 g/mol. The summed E-state index contributed by atoms with van der Waals surface area (Å²) in [4.78, 5) is 4.26. The molecule has 2 aromatic rings. The quantitative estimate of drug-likeness (QED) is 0.860. The molecular weight excluding hydrogens is 307 g/mol. The van der Waals surface area contributed by atoms with Crippen LogP contribution in [0.15, 0.2) is 36.5 Å². The highest BCUT2D eigenvalue weighted by atomic mass is 35.5. The number of rotatable bonds is 6. The van der Waals surface area contributed by atoms with Crippen molar-refractivity contribution in [2.75, 3.05) is 13.7 Å². The summed E-state index contributed by atoms with van der Waals surface area (Å²) in [6, 6.07) is 9.49. The zero-order chi connectivity index (χ0) is 15.2. The predicted molar refractivity (Wildman–Crippen MR) is 87.4 cm³/mol. The minimum absolute atomic E-state index is 0.0645. The van der Waals surface area contributed by atoms with Crippen LogP contribution in [0.2, 0.25) is 10.0 Å². The SMILES string of the molecule is CCNC(Cc1cc(Cl)ccc1Cl)c1cccnc1OC. The normalized spacial score (nSPS) is 12.2. The van der Waals surface area contributed by atoms with E-state index in [4.69, 9.17) is 27.9 Å². The molecule has 1 atom stereocenters. The van der Waals surface area contributed by atoms with Gasteiger partial charge in [-0.25, -0.2) is 4.98 Å². The van der Waals surface area contributed by atoms with E-state index in [-0.39, 0.29) is 6.04 Å². The van der Waals surface area contributed by atoms with Crippen molar-refractivity contribution >= 4 is 23.2 Å². The van der Waals surface area contributed by atoms with Crippen molar-refractivity contribution in [2.45, 2.75) is 19.4 Å². The van der Waals surface area contributed by atoms with E-state index in [9.17, 15) is 0 Å².